The summed E-state index contributed by atoms with van der Waals surface area (Å²) in [5.41, 5.74) is 4.40. The molecule has 210 valence electrons. The molecule has 2 atom stereocenters. The number of carbonyl (C=O) groups excluding carboxylic acids is 2. The van der Waals surface area contributed by atoms with Crippen molar-refractivity contribution < 1.29 is 19.1 Å². The van der Waals surface area contributed by atoms with E-state index in [1.165, 1.54) is 5.56 Å². The van der Waals surface area contributed by atoms with Gasteiger partial charge in [0.15, 0.2) is 0 Å². The van der Waals surface area contributed by atoms with Crippen LogP contribution in [-0.4, -0.2) is 42.0 Å². The van der Waals surface area contributed by atoms with Crippen LogP contribution in [0.1, 0.15) is 50.2 Å². The van der Waals surface area contributed by atoms with Crippen molar-refractivity contribution in [2.45, 2.75) is 45.1 Å². The van der Waals surface area contributed by atoms with Crippen LogP contribution in [0.25, 0.3) is 0 Å². The molecule has 0 radical (unpaired) electrons. The third kappa shape index (κ3) is 8.05. The predicted octanol–water partition coefficient (Wildman–Crippen LogP) is 6.19. The van der Waals surface area contributed by atoms with E-state index in [1.807, 2.05) is 79.7 Å². The lowest BCUT2D eigenvalue weighted by molar-refractivity contribution is 0.0175. The molecule has 1 saturated heterocycles. The summed E-state index contributed by atoms with van der Waals surface area (Å²) in [6, 6.07) is 34.4. The molecule has 4 aromatic carbocycles. The number of rotatable bonds is 9. The number of amides is 1. The molecular weight excluding hydrogens is 512 g/mol. The smallest absolute Gasteiger partial charge is 0.338 e. The highest BCUT2D eigenvalue weighted by Crippen LogP contribution is 2.21. The second-order valence-electron chi connectivity index (χ2n) is 10.6. The molecule has 41 heavy (non-hydrogen) atoms. The van der Waals surface area contributed by atoms with Gasteiger partial charge in [-0.25, -0.2) is 4.79 Å². The summed E-state index contributed by atoms with van der Waals surface area (Å²) in [5, 5.41) is 3.19. The Bertz CT molecular complexity index is 1410. The Hall–Kier alpha value is -4.42. The average molecular weight is 549 g/mol. The first-order valence-corrected chi connectivity index (χ1v) is 14.1. The zero-order chi connectivity index (χ0) is 28.4. The minimum absolute atomic E-state index is 0.206. The number of likely N-dealkylation sites (tertiary alicyclic amines) is 1. The molecule has 5 rings (SSSR count). The fourth-order valence-corrected chi connectivity index (χ4v) is 5.06. The first kappa shape index (κ1) is 28.1. The van der Waals surface area contributed by atoms with Gasteiger partial charge in [-0.05, 0) is 73.8 Å². The highest BCUT2D eigenvalue weighted by atomic mass is 16.5. The van der Waals surface area contributed by atoms with E-state index in [0.717, 1.165) is 30.6 Å². The standard InChI is InChI=1S/C35H36N2O4/c1-26-14-16-30(17-15-26)35(39)41-33-13-8-22-37(23-27-9-4-2-5-10-27)24-32(33)36-34(38)29-18-20-31(21-19-29)40-25-28-11-6-3-7-12-28/h2-7,9-12,14-21,32-33H,8,13,22-25H2,1H3,(H,36,38). The first-order chi connectivity index (χ1) is 20.0. The summed E-state index contributed by atoms with van der Waals surface area (Å²) in [6.07, 6.45) is 1.08. The summed E-state index contributed by atoms with van der Waals surface area (Å²) in [7, 11) is 0. The van der Waals surface area contributed by atoms with Crippen LogP contribution in [0.15, 0.2) is 109 Å². The van der Waals surface area contributed by atoms with Gasteiger partial charge in [-0.2, -0.15) is 0 Å². The van der Waals surface area contributed by atoms with Crippen LogP contribution in [-0.2, 0) is 17.9 Å². The molecule has 6 nitrogen and oxygen atoms in total. The normalized spacial score (nSPS) is 17.3. The van der Waals surface area contributed by atoms with Crippen LogP contribution in [0, 0.1) is 6.92 Å². The number of nitrogens with one attached hydrogen (secondary N) is 1. The highest BCUT2D eigenvalue weighted by Gasteiger charge is 2.32. The van der Waals surface area contributed by atoms with Crippen LogP contribution in [0.3, 0.4) is 0 Å². The van der Waals surface area contributed by atoms with Gasteiger partial charge in [0.2, 0.25) is 0 Å². The molecule has 0 saturated carbocycles. The molecule has 1 aliphatic heterocycles. The molecule has 1 fully saturated rings. The largest absolute Gasteiger partial charge is 0.489 e. The lowest BCUT2D eigenvalue weighted by Crippen LogP contribution is -2.50. The van der Waals surface area contributed by atoms with Crippen molar-refractivity contribution >= 4 is 11.9 Å². The molecule has 0 aromatic heterocycles. The molecular formula is C35H36N2O4. The van der Waals surface area contributed by atoms with Gasteiger partial charge < -0.3 is 14.8 Å². The maximum absolute atomic E-state index is 13.4. The molecule has 0 aliphatic carbocycles. The van der Waals surface area contributed by atoms with E-state index in [4.69, 9.17) is 9.47 Å². The van der Waals surface area contributed by atoms with Gasteiger partial charge >= 0.3 is 5.97 Å². The highest BCUT2D eigenvalue weighted by molar-refractivity contribution is 5.94. The SMILES string of the molecule is Cc1ccc(C(=O)OC2CCCN(Cc3ccccc3)CC2NC(=O)c2ccc(OCc3ccccc3)cc2)cc1. The van der Waals surface area contributed by atoms with Crippen LogP contribution in [0.2, 0.25) is 0 Å². The predicted molar refractivity (Wildman–Crippen MR) is 160 cm³/mol. The van der Waals surface area contributed by atoms with E-state index in [9.17, 15) is 9.59 Å². The maximum Gasteiger partial charge on any atom is 0.338 e. The van der Waals surface area contributed by atoms with Gasteiger partial charge in [-0.3, -0.25) is 9.69 Å². The lowest BCUT2D eigenvalue weighted by Gasteiger charge is -2.29. The molecule has 1 amide bonds. The van der Waals surface area contributed by atoms with Gasteiger partial charge in [0.05, 0.1) is 11.6 Å². The Morgan fingerprint density at radius 1 is 0.805 bits per heavy atom. The number of hydrogen-bond acceptors (Lipinski definition) is 5. The van der Waals surface area contributed by atoms with Crippen molar-refractivity contribution in [2.24, 2.45) is 0 Å². The van der Waals surface area contributed by atoms with Crippen LogP contribution >= 0.6 is 0 Å². The van der Waals surface area contributed by atoms with Crippen molar-refractivity contribution in [3.05, 3.63) is 137 Å². The number of nitrogens with zero attached hydrogens (tertiary/aromatic N) is 1. The molecule has 0 spiro atoms. The van der Waals surface area contributed by atoms with Crippen molar-refractivity contribution in [2.75, 3.05) is 13.1 Å². The second-order valence-corrected chi connectivity index (χ2v) is 10.6. The number of hydrogen-bond donors (Lipinski definition) is 1. The number of esters is 1. The van der Waals surface area contributed by atoms with Gasteiger partial charge in [0, 0.05) is 18.7 Å². The summed E-state index contributed by atoms with van der Waals surface area (Å²) < 4.78 is 11.9. The Balaban J connectivity index is 1.28. The zero-order valence-electron chi connectivity index (χ0n) is 23.4. The van der Waals surface area contributed by atoms with Gasteiger partial charge in [0.1, 0.15) is 18.5 Å². The Kier molecular flexibility index (Phi) is 9.45. The van der Waals surface area contributed by atoms with E-state index in [-0.39, 0.29) is 17.9 Å². The van der Waals surface area contributed by atoms with Crippen LogP contribution in [0.4, 0.5) is 0 Å². The van der Waals surface area contributed by atoms with Crippen molar-refractivity contribution in [3.8, 4) is 5.75 Å². The van der Waals surface area contributed by atoms with Crippen molar-refractivity contribution in [1.82, 2.24) is 10.2 Å². The van der Waals surface area contributed by atoms with Crippen LogP contribution < -0.4 is 10.1 Å². The van der Waals surface area contributed by atoms with E-state index in [1.54, 1.807) is 24.3 Å². The molecule has 4 aromatic rings. The lowest BCUT2D eigenvalue weighted by atomic mass is 10.1. The van der Waals surface area contributed by atoms with E-state index in [2.05, 4.69) is 22.3 Å². The summed E-state index contributed by atoms with van der Waals surface area (Å²) in [6.45, 7) is 4.63. The minimum Gasteiger partial charge on any atom is -0.489 e. The minimum atomic E-state index is -0.443. The quantitative estimate of drug-likeness (QED) is 0.253. The van der Waals surface area contributed by atoms with Gasteiger partial charge in [-0.15, -0.1) is 0 Å². The summed E-state index contributed by atoms with van der Waals surface area (Å²) in [5.74, 6) is 0.118. The summed E-state index contributed by atoms with van der Waals surface area (Å²) >= 11 is 0. The van der Waals surface area contributed by atoms with Gasteiger partial charge in [-0.1, -0.05) is 78.4 Å². The molecule has 6 heteroatoms. The van der Waals surface area contributed by atoms with Crippen LogP contribution in [0.5, 0.6) is 5.75 Å². The topological polar surface area (TPSA) is 67.9 Å². The monoisotopic (exact) mass is 548 g/mol. The number of benzene rings is 4. The fourth-order valence-electron chi connectivity index (χ4n) is 5.06. The number of ether oxygens (including phenoxy) is 2. The molecule has 1 N–H and O–H groups in total. The third-order valence-corrected chi connectivity index (χ3v) is 7.34. The van der Waals surface area contributed by atoms with Gasteiger partial charge in [0.25, 0.3) is 5.91 Å². The second kappa shape index (κ2) is 13.8. The molecule has 0 bridgehead atoms. The van der Waals surface area contributed by atoms with E-state index < -0.39 is 6.10 Å². The Morgan fingerprint density at radius 2 is 1.44 bits per heavy atom. The average Bonchev–Trinajstić information content (AvgIpc) is 3.18. The Morgan fingerprint density at radius 3 is 2.12 bits per heavy atom. The fraction of sp³-hybridized carbons (Fsp3) is 0.257. The summed E-state index contributed by atoms with van der Waals surface area (Å²) in [4.78, 5) is 28.8. The molecule has 1 heterocycles. The molecule has 1 aliphatic rings. The maximum atomic E-state index is 13.4. The molecule has 2 unspecified atom stereocenters. The Labute approximate surface area is 241 Å². The van der Waals surface area contributed by atoms with E-state index in [0.29, 0.717) is 36.4 Å². The number of aryl methyl sites for hydroxylation is 1. The number of carbonyl (C=O) groups is 2. The first-order valence-electron chi connectivity index (χ1n) is 14.1. The zero-order valence-corrected chi connectivity index (χ0v) is 23.4. The van der Waals surface area contributed by atoms with E-state index >= 15 is 0 Å². The third-order valence-electron chi connectivity index (χ3n) is 7.34. The van der Waals surface area contributed by atoms with Crippen molar-refractivity contribution in [3.63, 3.8) is 0 Å². The van der Waals surface area contributed by atoms with Crippen molar-refractivity contribution in [1.29, 1.82) is 0 Å².